The maximum absolute atomic E-state index is 11.5. The smallest absolute Gasteiger partial charge is 0.341 e. The first-order valence-electron chi connectivity index (χ1n) is 5.99. The summed E-state index contributed by atoms with van der Waals surface area (Å²) < 4.78 is 10.9. The van der Waals surface area contributed by atoms with Gasteiger partial charge in [0.25, 0.3) is 5.91 Å². The van der Waals surface area contributed by atoms with Gasteiger partial charge in [-0.15, -0.1) is 0 Å². The highest BCUT2D eigenvalue weighted by Gasteiger charge is 2.14. The van der Waals surface area contributed by atoms with Crippen molar-refractivity contribution < 1.29 is 24.2 Å². The molecule has 0 aromatic heterocycles. The Labute approximate surface area is 140 Å². The number of ether oxygens (including phenoxy) is 2. The Morgan fingerprint density at radius 1 is 1.50 bits per heavy atom. The molecule has 1 rings (SSSR count). The number of carboxylic acid groups (broad SMARTS) is 1. The molecule has 8 heteroatoms. The molecule has 0 spiro atoms. The quantitative estimate of drug-likeness (QED) is 0.413. The summed E-state index contributed by atoms with van der Waals surface area (Å²) in [6.45, 7) is -0.497. The van der Waals surface area contributed by atoms with Gasteiger partial charge in [0.1, 0.15) is 11.6 Å². The molecule has 0 bridgehead atoms. The number of hydrogen-bond donors (Lipinski definition) is 2. The van der Waals surface area contributed by atoms with Gasteiger partial charge < -0.3 is 19.9 Å². The number of nitrogens with one attached hydrogen (secondary N) is 1. The number of likely N-dealkylation sites (N-methyl/N-ethyl adjacent to an activating group) is 1. The van der Waals surface area contributed by atoms with Gasteiger partial charge in [0.15, 0.2) is 18.1 Å². The molecule has 0 atom stereocenters. The molecule has 0 fully saturated rings. The summed E-state index contributed by atoms with van der Waals surface area (Å²) >= 11 is 1.96. The Kier molecular flexibility index (Phi) is 6.65. The van der Waals surface area contributed by atoms with Gasteiger partial charge in [-0.25, -0.2) is 4.79 Å². The lowest BCUT2D eigenvalue weighted by atomic mass is 10.1. The van der Waals surface area contributed by atoms with Crippen LogP contribution in [-0.2, 0) is 9.59 Å². The van der Waals surface area contributed by atoms with Crippen LogP contribution in [0.2, 0.25) is 0 Å². The summed E-state index contributed by atoms with van der Waals surface area (Å²) in [4.78, 5) is 22.1. The van der Waals surface area contributed by atoms with Crippen LogP contribution < -0.4 is 14.8 Å². The first-order valence-corrected chi connectivity index (χ1v) is 7.06. The Balaban J connectivity index is 3.23. The van der Waals surface area contributed by atoms with E-state index in [4.69, 9.17) is 19.8 Å². The fourth-order valence-electron chi connectivity index (χ4n) is 1.55. The molecule has 1 aromatic rings. The van der Waals surface area contributed by atoms with Crippen molar-refractivity contribution in [3.05, 3.63) is 26.8 Å². The third-order valence-corrected chi connectivity index (χ3v) is 3.30. The third-order valence-electron chi connectivity index (χ3n) is 2.49. The van der Waals surface area contributed by atoms with Crippen molar-refractivity contribution in [2.45, 2.75) is 0 Å². The molecule has 22 heavy (non-hydrogen) atoms. The number of carbonyl (C=O) groups is 2. The SMILES string of the molecule is CNC(=O)/C(C#N)=C\c1cc(I)c(OCC(=O)O)c(OC)c1. The van der Waals surface area contributed by atoms with Crippen LogP contribution in [0.1, 0.15) is 5.56 Å². The van der Waals surface area contributed by atoms with Crippen molar-refractivity contribution in [1.29, 1.82) is 5.26 Å². The number of carboxylic acids is 1. The number of halogens is 1. The van der Waals surface area contributed by atoms with Crippen LogP contribution in [0.5, 0.6) is 11.5 Å². The molecule has 1 aromatic carbocycles. The van der Waals surface area contributed by atoms with E-state index < -0.39 is 18.5 Å². The van der Waals surface area contributed by atoms with Gasteiger partial charge in [-0.3, -0.25) is 4.79 Å². The maximum atomic E-state index is 11.5. The van der Waals surface area contributed by atoms with E-state index in [-0.39, 0.29) is 5.57 Å². The Hall–Kier alpha value is -2.28. The second kappa shape index (κ2) is 8.23. The topological polar surface area (TPSA) is 109 Å². The van der Waals surface area contributed by atoms with E-state index in [1.807, 2.05) is 28.7 Å². The van der Waals surface area contributed by atoms with E-state index in [2.05, 4.69) is 5.32 Å². The van der Waals surface area contributed by atoms with Crippen LogP contribution in [0.15, 0.2) is 17.7 Å². The molecule has 0 radical (unpaired) electrons. The fourth-order valence-corrected chi connectivity index (χ4v) is 2.33. The van der Waals surface area contributed by atoms with E-state index >= 15 is 0 Å². The predicted octanol–water partition coefficient (Wildman–Crippen LogP) is 1.42. The summed E-state index contributed by atoms with van der Waals surface area (Å²) in [5.41, 5.74) is 0.503. The summed E-state index contributed by atoms with van der Waals surface area (Å²) in [6.07, 6.45) is 1.41. The van der Waals surface area contributed by atoms with Crippen molar-refractivity contribution in [2.75, 3.05) is 20.8 Å². The fraction of sp³-hybridized carbons (Fsp3) is 0.214. The molecule has 0 saturated carbocycles. The van der Waals surface area contributed by atoms with Gasteiger partial charge in [-0.1, -0.05) is 0 Å². The standard InChI is InChI=1S/C14H13IN2O5/c1-17-14(20)9(6-16)3-8-4-10(15)13(11(5-8)21-2)22-7-12(18)19/h3-5H,7H2,1-2H3,(H,17,20)(H,18,19)/b9-3-. The van der Waals surface area contributed by atoms with Gasteiger partial charge in [0.2, 0.25) is 0 Å². The lowest BCUT2D eigenvalue weighted by Crippen LogP contribution is -2.19. The predicted molar refractivity (Wildman–Crippen MR) is 86.5 cm³/mol. The monoisotopic (exact) mass is 416 g/mol. The van der Waals surface area contributed by atoms with Gasteiger partial charge in [0.05, 0.1) is 10.7 Å². The second-order valence-corrected chi connectivity index (χ2v) is 5.13. The van der Waals surface area contributed by atoms with E-state index in [0.29, 0.717) is 20.6 Å². The number of benzene rings is 1. The van der Waals surface area contributed by atoms with Crippen LogP contribution in [0.25, 0.3) is 6.08 Å². The van der Waals surface area contributed by atoms with Crippen LogP contribution in [0.3, 0.4) is 0 Å². The largest absolute Gasteiger partial charge is 0.493 e. The third kappa shape index (κ3) is 4.63. The van der Waals surface area contributed by atoms with Gasteiger partial charge >= 0.3 is 5.97 Å². The number of nitriles is 1. The number of hydrogen-bond acceptors (Lipinski definition) is 5. The zero-order chi connectivity index (χ0) is 16.7. The van der Waals surface area contributed by atoms with Crippen molar-refractivity contribution in [3.63, 3.8) is 0 Å². The lowest BCUT2D eigenvalue weighted by Gasteiger charge is -2.12. The van der Waals surface area contributed by atoms with Crippen molar-refractivity contribution in [1.82, 2.24) is 5.32 Å². The van der Waals surface area contributed by atoms with E-state index in [0.717, 1.165) is 0 Å². The second-order valence-electron chi connectivity index (χ2n) is 3.97. The van der Waals surface area contributed by atoms with Crippen LogP contribution in [-0.4, -0.2) is 37.7 Å². The molecule has 116 valence electrons. The number of carbonyl (C=O) groups excluding carboxylic acids is 1. The molecule has 0 heterocycles. The normalized spacial score (nSPS) is 10.5. The Bertz CT molecular complexity index is 664. The summed E-state index contributed by atoms with van der Waals surface area (Å²) in [5, 5.41) is 20.0. The minimum Gasteiger partial charge on any atom is -0.493 e. The van der Waals surface area contributed by atoms with E-state index in [9.17, 15) is 9.59 Å². The Morgan fingerprint density at radius 2 is 2.18 bits per heavy atom. The van der Waals surface area contributed by atoms with Crippen LogP contribution in [0.4, 0.5) is 0 Å². The molecule has 7 nitrogen and oxygen atoms in total. The molecule has 0 aliphatic heterocycles. The van der Waals surface area contributed by atoms with Crippen LogP contribution >= 0.6 is 22.6 Å². The minimum absolute atomic E-state index is 0.0560. The highest BCUT2D eigenvalue weighted by Crippen LogP contribution is 2.34. The zero-order valence-electron chi connectivity index (χ0n) is 11.8. The van der Waals surface area contributed by atoms with Crippen molar-refractivity contribution in [2.24, 2.45) is 0 Å². The first kappa shape index (κ1) is 17.8. The van der Waals surface area contributed by atoms with Gasteiger partial charge in [-0.05, 0) is 46.4 Å². The van der Waals surface area contributed by atoms with Gasteiger partial charge in [0, 0.05) is 7.05 Å². The molecule has 1 amide bonds. The van der Waals surface area contributed by atoms with Gasteiger partial charge in [-0.2, -0.15) is 5.26 Å². The minimum atomic E-state index is -1.10. The van der Waals surface area contributed by atoms with Crippen molar-refractivity contribution >= 4 is 40.5 Å². The Morgan fingerprint density at radius 3 is 2.68 bits per heavy atom. The highest BCUT2D eigenvalue weighted by atomic mass is 127. The first-order chi connectivity index (χ1) is 10.4. The van der Waals surface area contributed by atoms with E-state index in [1.54, 1.807) is 12.1 Å². The summed E-state index contributed by atoms with van der Waals surface area (Å²) in [7, 11) is 2.84. The highest BCUT2D eigenvalue weighted by molar-refractivity contribution is 14.1. The molecule has 0 aliphatic rings. The van der Waals surface area contributed by atoms with Crippen molar-refractivity contribution in [3.8, 4) is 17.6 Å². The number of nitrogens with zero attached hydrogens (tertiary/aromatic N) is 1. The molecule has 0 aliphatic carbocycles. The number of methoxy groups -OCH3 is 1. The molecular formula is C14H13IN2O5. The zero-order valence-corrected chi connectivity index (χ0v) is 14.0. The molecule has 2 N–H and O–H groups in total. The maximum Gasteiger partial charge on any atom is 0.341 e. The number of rotatable bonds is 6. The van der Waals surface area contributed by atoms with Crippen LogP contribution in [0, 0.1) is 14.9 Å². The summed E-state index contributed by atoms with van der Waals surface area (Å²) in [5.74, 6) is -0.995. The number of aliphatic carboxylic acids is 1. The average molecular weight is 416 g/mol. The molecule has 0 unspecified atom stereocenters. The summed E-state index contributed by atoms with van der Waals surface area (Å²) in [6, 6.07) is 5.02. The number of amides is 1. The average Bonchev–Trinajstić information content (AvgIpc) is 2.49. The molecular weight excluding hydrogens is 403 g/mol. The van der Waals surface area contributed by atoms with E-state index in [1.165, 1.54) is 20.2 Å². The molecule has 0 saturated heterocycles. The lowest BCUT2D eigenvalue weighted by molar-refractivity contribution is -0.139.